The fourth-order valence-corrected chi connectivity index (χ4v) is 0.370. The molecule has 0 radical (unpaired) electrons. The minimum Gasteiger partial charge on any atom is -0.267 e. The predicted octanol–water partition coefficient (Wildman–Crippen LogP) is 2.13. The van der Waals surface area contributed by atoms with E-state index in [9.17, 15) is 30.7 Å². The molecule has 0 heterocycles. The Kier molecular flexibility index (Phi) is 2.63. The van der Waals surface area contributed by atoms with E-state index < -0.39 is 24.6 Å². The zero-order valence-electron chi connectivity index (χ0n) is 5.43. The third kappa shape index (κ3) is 3.24. The lowest BCUT2D eigenvalue weighted by atomic mass is 10.2. The Bertz CT molecular complexity index is 154. The van der Waals surface area contributed by atoms with Crippen LogP contribution in [-0.2, 0) is 0 Å². The molecule has 0 fully saturated rings. The van der Waals surface area contributed by atoms with Gasteiger partial charge in [0.25, 0.3) is 0 Å². The first-order chi connectivity index (χ1) is 4.96. The largest absolute Gasteiger partial charge is 0.395 e. The van der Waals surface area contributed by atoms with Crippen molar-refractivity contribution in [2.45, 2.75) is 24.6 Å². The summed E-state index contributed by atoms with van der Waals surface area (Å²) in [6.45, 7) is 0. The Morgan fingerprint density at radius 2 is 1.17 bits per heavy atom. The molecule has 2 N–H and O–H groups in total. The number of nitrogens with two attached hydrogens (primary N) is 1. The van der Waals surface area contributed by atoms with Gasteiger partial charge in [-0.15, -0.1) is 0 Å². The van der Waals surface area contributed by atoms with E-state index in [4.69, 9.17) is 0 Å². The highest BCUT2D eigenvalue weighted by molar-refractivity contribution is 4.81. The maximum Gasteiger partial charge on any atom is 0.395 e. The smallest absolute Gasteiger partial charge is 0.267 e. The van der Waals surface area contributed by atoms with Crippen molar-refractivity contribution in [3.8, 4) is 0 Å². The van der Waals surface area contributed by atoms with E-state index in [0.717, 1.165) is 0 Å². The SMILES string of the molecule is NC(F)(F)C(F)(F)CC(F)(F)F. The lowest BCUT2D eigenvalue weighted by Gasteiger charge is -2.23. The Balaban J connectivity index is 4.44. The van der Waals surface area contributed by atoms with Crippen molar-refractivity contribution in [1.29, 1.82) is 0 Å². The summed E-state index contributed by atoms with van der Waals surface area (Å²) in [5.74, 6) is -5.26. The molecule has 0 atom stereocenters. The van der Waals surface area contributed by atoms with Crippen LogP contribution in [0.15, 0.2) is 0 Å². The highest BCUT2D eigenvalue weighted by Gasteiger charge is 2.58. The first-order valence-corrected chi connectivity index (χ1v) is 2.57. The Hall–Kier alpha value is -0.530. The molecule has 0 aliphatic carbocycles. The molecule has 0 spiro atoms. The number of rotatable bonds is 2. The molecule has 0 aromatic carbocycles. The van der Waals surface area contributed by atoms with Gasteiger partial charge in [0.1, 0.15) is 6.42 Å². The minimum atomic E-state index is -5.37. The molecular formula is C4H4F7N. The number of hydrogen-bond acceptors (Lipinski definition) is 1. The van der Waals surface area contributed by atoms with Crippen molar-refractivity contribution in [2.75, 3.05) is 0 Å². The molecule has 0 aromatic heterocycles. The fourth-order valence-electron chi connectivity index (χ4n) is 0.370. The van der Waals surface area contributed by atoms with Crippen LogP contribution in [-0.4, -0.2) is 18.1 Å². The van der Waals surface area contributed by atoms with Gasteiger partial charge in [-0.25, -0.2) is 0 Å². The molecule has 0 saturated heterocycles. The van der Waals surface area contributed by atoms with E-state index >= 15 is 0 Å². The Morgan fingerprint density at radius 3 is 1.25 bits per heavy atom. The van der Waals surface area contributed by atoms with Crippen LogP contribution >= 0.6 is 0 Å². The first kappa shape index (κ1) is 11.5. The van der Waals surface area contributed by atoms with Crippen LogP contribution in [0.25, 0.3) is 0 Å². The molecule has 12 heavy (non-hydrogen) atoms. The lowest BCUT2D eigenvalue weighted by Crippen LogP contribution is -2.50. The van der Waals surface area contributed by atoms with Gasteiger partial charge in [0, 0.05) is 0 Å². The van der Waals surface area contributed by atoms with Crippen LogP contribution in [0, 0.1) is 0 Å². The maximum absolute atomic E-state index is 11.8. The first-order valence-electron chi connectivity index (χ1n) is 2.57. The topological polar surface area (TPSA) is 26.0 Å². The second-order valence-corrected chi connectivity index (χ2v) is 2.12. The van der Waals surface area contributed by atoms with Crippen LogP contribution in [0.3, 0.4) is 0 Å². The summed E-state index contributed by atoms with van der Waals surface area (Å²) in [6, 6.07) is -5.15. The molecule has 0 aliphatic heterocycles. The maximum atomic E-state index is 11.8. The highest BCUT2D eigenvalue weighted by atomic mass is 19.4. The molecule has 0 bridgehead atoms. The standard InChI is InChI=1S/C4H4F7N/c5-2(6,4(10,11)12)1-3(7,8)9/h1,12H2. The van der Waals surface area contributed by atoms with E-state index in [2.05, 4.69) is 5.73 Å². The average molecular weight is 199 g/mol. The summed E-state index contributed by atoms with van der Waals surface area (Å²) in [6.07, 6.45) is -8.30. The summed E-state index contributed by atoms with van der Waals surface area (Å²) < 4.78 is 80.4. The van der Waals surface area contributed by atoms with E-state index in [1.165, 1.54) is 0 Å². The minimum absolute atomic E-state index is 2.93. The summed E-state index contributed by atoms with van der Waals surface area (Å²) in [7, 11) is 0. The molecular weight excluding hydrogens is 195 g/mol. The van der Waals surface area contributed by atoms with Gasteiger partial charge in [-0.3, -0.25) is 5.73 Å². The summed E-state index contributed by atoms with van der Waals surface area (Å²) in [5, 5.41) is 0. The lowest BCUT2D eigenvalue weighted by molar-refractivity contribution is -0.261. The average Bonchev–Trinajstić information content (AvgIpc) is 1.52. The van der Waals surface area contributed by atoms with Crippen LogP contribution in [0.2, 0.25) is 0 Å². The van der Waals surface area contributed by atoms with Crippen LogP contribution in [0.1, 0.15) is 6.42 Å². The molecule has 1 nitrogen and oxygen atoms in total. The van der Waals surface area contributed by atoms with Crippen molar-refractivity contribution >= 4 is 0 Å². The van der Waals surface area contributed by atoms with Crippen molar-refractivity contribution in [1.82, 2.24) is 0 Å². The second-order valence-electron chi connectivity index (χ2n) is 2.12. The van der Waals surface area contributed by atoms with Gasteiger partial charge >= 0.3 is 18.1 Å². The van der Waals surface area contributed by atoms with Gasteiger partial charge in [-0.2, -0.15) is 30.7 Å². The number of halogens is 7. The van der Waals surface area contributed by atoms with Gasteiger partial charge in [-0.05, 0) is 0 Å². The molecule has 0 saturated carbocycles. The molecule has 0 aliphatic rings. The highest BCUT2D eigenvalue weighted by Crippen LogP contribution is 2.39. The third-order valence-electron chi connectivity index (χ3n) is 0.910. The van der Waals surface area contributed by atoms with Crippen molar-refractivity contribution in [3.05, 3.63) is 0 Å². The Morgan fingerprint density at radius 1 is 0.833 bits per heavy atom. The second kappa shape index (κ2) is 2.75. The molecule has 8 heteroatoms. The normalized spacial score (nSPS) is 15.0. The summed E-state index contributed by atoms with van der Waals surface area (Å²) >= 11 is 0. The predicted molar refractivity (Wildman–Crippen MR) is 24.8 cm³/mol. The third-order valence-corrected chi connectivity index (χ3v) is 0.910. The molecule has 74 valence electrons. The number of hydrogen-bond donors (Lipinski definition) is 1. The van der Waals surface area contributed by atoms with Gasteiger partial charge in [0.2, 0.25) is 0 Å². The monoisotopic (exact) mass is 199 g/mol. The zero-order chi connectivity index (χ0) is 10.2. The quantitative estimate of drug-likeness (QED) is 0.535. The van der Waals surface area contributed by atoms with Crippen LogP contribution in [0.5, 0.6) is 0 Å². The van der Waals surface area contributed by atoms with Crippen molar-refractivity contribution < 1.29 is 30.7 Å². The van der Waals surface area contributed by atoms with Crippen molar-refractivity contribution in [3.63, 3.8) is 0 Å². The van der Waals surface area contributed by atoms with Crippen LogP contribution in [0.4, 0.5) is 30.7 Å². The number of alkyl halides is 7. The van der Waals surface area contributed by atoms with Gasteiger partial charge in [-0.1, -0.05) is 0 Å². The summed E-state index contributed by atoms with van der Waals surface area (Å²) in [4.78, 5) is 0. The van der Waals surface area contributed by atoms with E-state index in [1.54, 1.807) is 0 Å². The molecule has 0 aromatic rings. The molecule has 0 rings (SSSR count). The molecule has 0 amide bonds. The fraction of sp³-hybridized carbons (Fsp3) is 1.00. The van der Waals surface area contributed by atoms with Crippen molar-refractivity contribution in [2.24, 2.45) is 5.73 Å². The van der Waals surface area contributed by atoms with Gasteiger partial charge < -0.3 is 0 Å². The van der Waals surface area contributed by atoms with E-state index in [0.29, 0.717) is 0 Å². The van der Waals surface area contributed by atoms with Crippen LogP contribution < -0.4 is 5.73 Å². The Labute approximate surface area is 62.3 Å². The summed E-state index contributed by atoms with van der Waals surface area (Å²) in [5.41, 5.74) is 3.54. The van der Waals surface area contributed by atoms with E-state index in [-0.39, 0.29) is 0 Å². The molecule has 0 unspecified atom stereocenters. The van der Waals surface area contributed by atoms with E-state index in [1.807, 2.05) is 0 Å². The van der Waals surface area contributed by atoms with Gasteiger partial charge in [0.15, 0.2) is 0 Å². The zero-order valence-corrected chi connectivity index (χ0v) is 5.43. The van der Waals surface area contributed by atoms with Gasteiger partial charge in [0.05, 0.1) is 0 Å².